The summed E-state index contributed by atoms with van der Waals surface area (Å²) in [4.78, 5) is 188. The Morgan fingerprint density at radius 2 is 0.883 bits per heavy atom. The first-order valence-corrected chi connectivity index (χ1v) is 33.4. The van der Waals surface area contributed by atoms with E-state index >= 15 is 0 Å². The average molecular weight is 1520 g/mol. The number of nitrogens with one attached hydrogen (secondary N) is 16. The number of aliphatic hydroxyl groups excluding tert-OH is 1. The molecular weight excluding hydrogens is 1420 g/mol. The van der Waals surface area contributed by atoms with Crippen LogP contribution in [0, 0.1) is 0 Å². The Hall–Kier alpha value is -10.3. The van der Waals surface area contributed by atoms with E-state index in [1.165, 1.54) is 6.92 Å². The highest BCUT2D eigenvalue weighted by atomic mass is 32.3. The summed E-state index contributed by atoms with van der Waals surface area (Å²) < 4.78 is 63.2. The molecule has 2 saturated heterocycles. The van der Waals surface area contributed by atoms with E-state index in [0.717, 1.165) is 12.4 Å². The van der Waals surface area contributed by atoms with Crippen molar-refractivity contribution in [2.45, 2.75) is 131 Å². The molecule has 0 bridgehead atoms. The summed E-state index contributed by atoms with van der Waals surface area (Å²) in [6, 6.07) is -16.6. The van der Waals surface area contributed by atoms with Crippen LogP contribution in [0.3, 0.4) is 0 Å². The fourth-order valence-corrected chi connectivity index (χ4v) is 8.60. The van der Waals surface area contributed by atoms with E-state index < -0.39 is 214 Å². The third kappa shape index (κ3) is 38.9. The summed E-state index contributed by atoms with van der Waals surface area (Å²) >= 11 is 0. The Morgan fingerprint density at radius 3 is 1.22 bits per heavy atom. The monoisotopic (exact) mass is 1520 g/mol. The minimum absolute atomic E-state index is 0.0101. The zero-order chi connectivity index (χ0) is 78.5. The van der Waals surface area contributed by atoms with Crippen molar-refractivity contribution in [2.75, 3.05) is 59.0 Å². The van der Waals surface area contributed by atoms with Crippen molar-refractivity contribution in [3.05, 3.63) is 23.8 Å². The highest BCUT2D eigenvalue weighted by Gasteiger charge is 2.38. The summed E-state index contributed by atoms with van der Waals surface area (Å²) in [6.45, 7) is -0.115. The van der Waals surface area contributed by atoms with Gasteiger partial charge in [-0.1, -0.05) is 0 Å². The molecule has 53 heteroatoms. The molecule has 4 rings (SSSR count). The number of rotatable bonds is 19. The molecule has 12 atom stereocenters. The molecule has 4 heterocycles. The van der Waals surface area contributed by atoms with Crippen LogP contribution in [0.2, 0.25) is 0 Å². The van der Waals surface area contributed by atoms with Crippen LogP contribution in [-0.2, 0) is 78.3 Å². The molecule has 0 aliphatic carbocycles. The summed E-state index contributed by atoms with van der Waals surface area (Å²) in [5.41, 5.74) is 55.2. The lowest BCUT2D eigenvalue weighted by Crippen LogP contribution is -2.62. The second-order valence-corrected chi connectivity index (χ2v) is 24.0. The molecule has 0 aromatic rings. The number of nitrogens with two attached hydrogens (primary N) is 10. The Morgan fingerprint density at radius 1 is 0.534 bits per heavy atom. The number of aliphatic imine (C=N–C) groups is 2. The Balaban J connectivity index is 0.000000908. The van der Waals surface area contributed by atoms with E-state index in [-0.39, 0.29) is 50.7 Å². The summed E-state index contributed by atoms with van der Waals surface area (Å²) in [5.74, 6) is -10.7. The first-order chi connectivity index (χ1) is 48.0. The molecule has 0 radical (unpaired) electrons. The molecule has 0 spiro atoms. The van der Waals surface area contributed by atoms with Gasteiger partial charge in [-0.15, -0.1) is 0 Å². The topological polar surface area (TPSA) is 886 Å². The molecule has 582 valence electrons. The molecule has 2 fully saturated rings. The summed E-state index contributed by atoms with van der Waals surface area (Å²) in [6.07, 6.45) is 3.85. The lowest BCUT2D eigenvalue weighted by molar-refractivity contribution is -0.134. The molecule has 51 nitrogen and oxygen atoms in total. The third-order valence-electron chi connectivity index (χ3n) is 13.7. The van der Waals surface area contributed by atoms with Crippen LogP contribution in [0.1, 0.15) is 58.3 Å². The SMILES string of the molecule is C[C@@H]1NC(=O)[C@@H](N)CNC(=O)[C@H]([C@H]2CCNC(N)=N2)NC(=O)/C(=C\NC(N)=O)NC(=O)[C@H](CNC(=O)C[C@@H](N)CCCN)NC1=O.NCCC[C@H](N)CC(=O)NC[C@@H]1NC(=O)[C@H](CO)NC(=O)[C@@H](N)CNC(=O)[C@H]([C@H]2CCNC(N)=N2)NC(=O)/C(=C\NC(N)=O)NC1=O.O=S(=O)(O)O.O=S(=O)(O)O. The van der Waals surface area contributed by atoms with Gasteiger partial charge in [0, 0.05) is 76.6 Å². The fraction of sp³-hybridized carbons (Fsp3) is 0.600. The summed E-state index contributed by atoms with van der Waals surface area (Å²) in [7, 11) is -9.33. The molecule has 0 saturated carbocycles. The van der Waals surface area contributed by atoms with E-state index in [1.807, 2.05) is 5.32 Å². The molecule has 16 amide bonds. The molecule has 0 unspecified atom stereocenters. The fourth-order valence-electron chi connectivity index (χ4n) is 8.60. The van der Waals surface area contributed by atoms with Gasteiger partial charge in [0.15, 0.2) is 11.9 Å². The normalized spacial score (nSPS) is 25.0. The molecular formula is C50H92N28O23S2. The van der Waals surface area contributed by atoms with Crippen molar-refractivity contribution in [2.24, 2.45) is 67.3 Å². The van der Waals surface area contributed by atoms with Crippen molar-refractivity contribution in [1.29, 1.82) is 0 Å². The number of carbonyl (C=O) groups is 14. The van der Waals surface area contributed by atoms with Crippen molar-refractivity contribution < 1.29 is 107 Å². The van der Waals surface area contributed by atoms with Gasteiger partial charge in [-0.05, 0) is 58.5 Å². The van der Waals surface area contributed by atoms with Gasteiger partial charge in [-0.3, -0.25) is 75.7 Å². The van der Waals surface area contributed by atoms with Crippen molar-refractivity contribution >= 4 is 116 Å². The van der Waals surface area contributed by atoms with Crippen molar-refractivity contribution in [3.8, 4) is 0 Å². The lowest BCUT2D eigenvalue weighted by atomic mass is 10.0. The lowest BCUT2D eigenvalue weighted by Gasteiger charge is -2.29. The molecule has 4 aliphatic rings. The van der Waals surface area contributed by atoms with Gasteiger partial charge in [0.25, 0.3) is 11.8 Å². The van der Waals surface area contributed by atoms with Gasteiger partial charge in [0.05, 0.1) is 18.7 Å². The smallest absolute Gasteiger partial charge is 0.394 e. The number of amides is 16. The maximum Gasteiger partial charge on any atom is 0.394 e. The van der Waals surface area contributed by atoms with Crippen LogP contribution in [0.25, 0.3) is 0 Å². The van der Waals surface area contributed by atoms with Gasteiger partial charge in [-0.25, -0.2) is 19.6 Å². The molecule has 41 N–H and O–H groups in total. The van der Waals surface area contributed by atoms with Gasteiger partial charge in [-0.2, -0.15) is 16.8 Å². The van der Waals surface area contributed by atoms with E-state index in [2.05, 4.69) is 89.7 Å². The summed E-state index contributed by atoms with van der Waals surface area (Å²) in [5, 5.41) is 48.0. The van der Waals surface area contributed by atoms with Crippen LogP contribution in [0.4, 0.5) is 9.59 Å². The number of aliphatic hydroxyl groups is 1. The van der Waals surface area contributed by atoms with Gasteiger partial charge < -0.3 is 148 Å². The van der Waals surface area contributed by atoms with E-state index in [1.54, 1.807) is 0 Å². The zero-order valence-corrected chi connectivity index (χ0v) is 56.8. The van der Waals surface area contributed by atoms with Gasteiger partial charge in [0.1, 0.15) is 59.7 Å². The highest BCUT2D eigenvalue weighted by molar-refractivity contribution is 7.80. The van der Waals surface area contributed by atoms with Crippen molar-refractivity contribution in [3.63, 3.8) is 0 Å². The zero-order valence-electron chi connectivity index (χ0n) is 55.2. The van der Waals surface area contributed by atoms with Crippen LogP contribution >= 0.6 is 0 Å². The van der Waals surface area contributed by atoms with Crippen LogP contribution in [-0.4, -0.2) is 266 Å². The minimum Gasteiger partial charge on any atom is -0.394 e. The Labute approximate surface area is 587 Å². The van der Waals surface area contributed by atoms with Crippen LogP contribution in [0.15, 0.2) is 33.8 Å². The maximum atomic E-state index is 13.5. The average Bonchev–Trinajstić information content (AvgIpc) is 0.834. The van der Waals surface area contributed by atoms with Gasteiger partial charge in [0.2, 0.25) is 59.1 Å². The van der Waals surface area contributed by atoms with Crippen molar-refractivity contribution in [1.82, 2.24) is 85.1 Å². The molecule has 0 aromatic heterocycles. The first kappa shape index (κ1) is 90.7. The number of primary amides is 2. The second-order valence-electron chi connectivity index (χ2n) is 22.2. The Bertz CT molecular complexity index is 3320. The highest BCUT2D eigenvalue weighted by Crippen LogP contribution is 2.12. The number of urea groups is 2. The predicted molar refractivity (Wildman–Crippen MR) is 356 cm³/mol. The first-order valence-electron chi connectivity index (χ1n) is 30.6. The number of nitrogens with zero attached hydrogens (tertiary/aromatic N) is 2. The number of hydrogen-bond acceptors (Lipinski definition) is 31. The Kier molecular flexibility index (Phi) is 40.1. The van der Waals surface area contributed by atoms with Gasteiger partial charge >= 0.3 is 32.9 Å². The molecule has 103 heavy (non-hydrogen) atoms. The van der Waals surface area contributed by atoms with Crippen LogP contribution < -0.4 is 142 Å². The largest absolute Gasteiger partial charge is 0.394 e. The second kappa shape index (κ2) is 45.5. The minimum atomic E-state index is -4.67. The number of carbonyl (C=O) groups excluding carboxylic acids is 14. The standard InChI is InChI=1S/C25H44N14O8.C25H44N14O7.2H2O4S/c26-4-1-2-11(27)6-17(41)32-8-14-20(43)35-15(9-34-25(30)47)21(44)39-18(13-3-5-31-24(29)38-13)23(46)33-7-12(28)19(42)37-16(10-40)22(45)36-14;1-11-19(41)36-15(9-32-17(40)7-12(27)3-2-5-26)21(43)37-16(10-34-25(30)46)22(44)39-18(14-4-6-31-24(29)38-14)23(45)33-8-13(28)20(42)35-11;2*1-5(2,3)4/h9,11-14,16,18,40H,1-8,10,26-28H2,(H,32,41)(H,33,46)(H,35,43)(H,36,45)(H,37,42)(H,39,44)(H3,29,31,38)(H3,30,34,47);10-15,18H,2-9,26-28H2,1H3,(H,32,40)(H,33,45)(H,35,42)(H,36,41)(H,37,43)(H,39,44)(H3,29,31,38)(H3,30,34,46);2*(H2,1,2,3,4)/b15-9+;16-10+;;/t11-,12-,13+,14-,16-,18-;11-,12-,13-,14+,15-,18-;;/m00../s1. The maximum absolute atomic E-state index is 13.5. The molecule has 0 aromatic carbocycles. The number of hydrogen-bond donors (Lipinski definition) is 31. The predicted octanol–water partition coefficient (Wildman–Crippen LogP) is -16.7. The van der Waals surface area contributed by atoms with E-state index in [4.69, 9.17) is 92.4 Å². The van der Waals surface area contributed by atoms with E-state index in [0.29, 0.717) is 45.3 Å². The molecule has 4 aliphatic heterocycles. The van der Waals surface area contributed by atoms with Crippen LogP contribution in [0.5, 0.6) is 0 Å². The number of guanidine groups is 2. The third-order valence-corrected chi connectivity index (χ3v) is 13.7. The quantitative estimate of drug-likeness (QED) is 0.0422. The van der Waals surface area contributed by atoms with E-state index in [9.17, 15) is 72.2 Å².